The number of rotatable bonds is 4. The van der Waals surface area contributed by atoms with E-state index < -0.39 is 5.82 Å². The maximum absolute atomic E-state index is 13.7. The molecule has 0 saturated heterocycles. The smallest absolute Gasteiger partial charge is 0.167 e. The van der Waals surface area contributed by atoms with E-state index >= 15 is 0 Å². The van der Waals surface area contributed by atoms with Crippen molar-refractivity contribution in [2.75, 3.05) is 25.3 Å². The van der Waals surface area contributed by atoms with Gasteiger partial charge in [0.2, 0.25) is 0 Å². The normalized spacial score (nSPS) is 10.2. The molecule has 2 aromatic rings. The first-order valence-electron chi connectivity index (χ1n) is 6.10. The van der Waals surface area contributed by atoms with Gasteiger partial charge in [-0.1, -0.05) is 0 Å². The molecular weight excluding hydrogens is 259 g/mol. The molecule has 2 rings (SSSR count). The average Bonchev–Trinajstić information content (AvgIpc) is 2.43. The Hall–Kier alpha value is -2.43. The summed E-state index contributed by atoms with van der Waals surface area (Å²) >= 11 is 0. The zero-order valence-electron chi connectivity index (χ0n) is 11.7. The van der Waals surface area contributed by atoms with Crippen molar-refractivity contribution in [3.63, 3.8) is 0 Å². The zero-order chi connectivity index (χ0) is 14.7. The van der Waals surface area contributed by atoms with Crippen LogP contribution in [0, 0.1) is 12.7 Å². The second kappa shape index (κ2) is 5.69. The Balaban J connectivity index is 2.34. The first-order valence-corrected chi connectivity index (χ1v) is 6.10. The number of nitrogens with one attached hydrogen (secondary N) is 1. The standard InChI is InChI=1S/C15H17FN2O2/c1-9-13(17)7-11(19-2)8-14(9)18-10-4-5-15(20-3)12(16)6-10/h4-8,18H,17H2,1-3H3. The van der Waals surface area contributed by atoms with E-state index in [2.05, 4.69) is 5.32 Å². The number of hydrogen-bond donors (Lipinski definition) is 2. The number of anilines is 3. The molecule has 2 aromatic carbocycles. The Morgan fingerprint density at radius 1 is 1.10 bits per heavy atom. The molecular formula is C15H17FN2O2. The van der Waals surface area contributed by atoms with Gasteiger partial charge in [0.05, 0.1) is 14.2 Å². The lowest BCUT2D eigenvalue weighted by Crippen LogP contribution is -1.99. The van der Waals surface area contributed by atoms with Gasteiger partial charge in [-0.25, -0.2) is 4.39 Å². The van der Waals surface area contributed by atoms with Crippen LogP contribution in [0.3, 0.4) is 0 Å². The number of nitrogen functional groups attached to an aromatic ring is 1. The molecule has 4 nitrogen and oxygen atoms in total. The van der Waals surface area contributed by atoms with Crippen LogP contribution in [0.2, 0.25) is 0 Å². The van der Waals surface area contributed by atoms with Crippen LogP contribution < -0.4 is 20.5 Å². The number of ether oxygens (including phenoxy) is 2. The highest BCUT2D eigenvalue weighted by atomic mass is 19.1. The minimum absolute atomic E-state index is 0.206. The number of halogens is 1. The lowest BCUT2D eigenvalue weighted by Gasteiger charge is -2.14. The van der Waals surface area contributed by atoms with E-state index in [9.17, 15) is 4.39 Å². The predicted molar refractivity (Wildman–Crippen MR) is 78.4 cm³/mol. The molecule has 5 heteroatoms. The molecule has 106 valence electrons. The summed E-state index contributed by atoms with van der Waals surface area (Å²) in [6.45, 7) is 1.89. The highest BCUT2D eigenvalue weighted by Gasteiger charge is 2.08. The minimum Gasteiger partial charge on any atom is -0.497 e. The van der Waals surface area contributed by atoms with Crippen LogP contribution in [0.1, 0.15) is 5.56 Å². The monoisotopic (exact) mass is 276 g/mol. The number of hydrogen-bond acceptors (Lipinski definition) is 4. The molecule has 20 heavy (non-hydrogen) atoms. The molecule has 0 saturated carbocycles. The van der Waals surface area contributed by atoms with E-state index in [1.807, 2.05) is 13.0 Å². The zero-order valence-corrected chi connectivity index (χ0v) is 11.7. The van der Waals surface area contributed by atoms with Crippen LogP contribution in [-0.4, -0.2) is 14.2 Å². The maximum atomic E-state index is 13.7. The topological polar surface area (TPSA) is 56.5 Å². The third kappa shape index (κ3) is 2.77. The Morgan fingerprint density at radius 2 is 1.85 bits per heavy atom. The number of methoxy groups -OCH3 is 2. The Bertz CT molecular complexity index is 630. The molecule has 0 fully saturated rings. The van der Waals surface area contributed by atoms with Crippen molar-refractivity contribution in [2.45, 2.75) is 6.92 Å². The molecule has 0 aromatic heterocycles. The van der Waals surface area contributed by atoms with Gasteiger partial charge in [-0.3, -0.25) is 0 Å². The largest absolute Gasteiger partial charge is 0.497 e. The van der Waals surface area contributed by atoms with E-state index in [0.717, 1.165) is 11.3 Å². The van der Waals surface area contributed by atoms with Crippen LogP contribution in [0.15, 0.2) is 30.3 Å². The molecule has 0 atom stereocenters. The molecule has 0 aliphatic rings. The molecule has 0 unspecified atom stereocenters. The summed E-state index contributed by atoms with van der Waals surface area (Å²) in [4.78, 5) is 0. The van der Waals surface area contributed by atoms with Crippen LogP contribution in [0.5, 0.6) is 11.5 Å². The lowest BCUT2D eigenvalue weighted by atomic mass is 10.1. The van der Waals surface area contributed by atoms with Crippen molar-refractivity contribution in [3.05, 3.63) is 41.7 Å². The van der Waals surface area contributed by atoms with Gasteiger partial charge in [0.1, 0.15) is 5.75 Å². The fraction of sp³-hybridized carbons (Fsp3) is 0.200. The molecule has 0 aliphatic heterocycles. The lowest BCUT2D eigenvalue weighted by molar-refractivity contribution is 0.386. The Morgan fingerprint density at radius 3 is 2.45 bits per heavy atom. The Labute approximate surface area is 117 Å². The van der Waals surface area contributed by atoms with E-state index in [-0.39, 0.29) is 5.75 Å². The van der Waals surface area contributed by atoms with Crippen LogP contribution >= 0.6 is 0 Å². The average molecular weight is 276 g/mol. The van der Waals surface area contributed by atoms with Crippen LogP contribution in [-0.2, 0) is 0 Å². The van der Waals surface area contributed by atoms with Crippen molar-refractivity contribution in [1.82, 2.24) is 0 Å². The number of benzene rings is 2. The summed E-state index contributed by atoms with van der Waals surface area (Å²) in [6, 6.07) is 8.23. The summed E-state index contributed by atoms with van der Waals surface area (Å²) in [5.74, 6) is 0.424. The summed E-state index contributed by atoms with van der Waals surface area (Å²) in [6.07, 6.45) is 0. The SMILES string of the molecule is COc1cc(N)c(C)c(Nc2ccc(OC)c(F)c2)c1. The molecule has 0 radical (unpaired) electrons. The van der Waals surface area contributed by atoms with Crippen LogP contribution in [0.4, 0.5) is 21.5 Å². The molecule has 0 amide bonds. The maximum Gasteiger partial charge on any atom is 0.167 e. The second-order valence-corrected chi connectivity index (χ2v) is 4.36. The van der Waals surface area contributed by atoms with Crippen molar-refractivity contribution in [1.29, 1.82) is 0 Å². The molecule has 3 N–H and O–H groups in total. The molecule has 0 bridgehead atoms. The van der Waals surface area contributed by atoms with Crippen molar-refractivity contribution in [3.8, 4) is 11.5 Å². The summed E-state index contributed by atoms with van der Waals surface area (Å²) < 4.78 is 23.7. The van der Waals surface area contributed by atoms with Gasteiger partial charge in [-0.05, 0) is 24.6 Å². The van der Waals surface area contributed by atoms with E-state index in [1.165, 1.54) is 13.2 Å². The fourth-order valence-corrected chi connectivity index (χ4v) is 1.86. The first kappa shape index (κ1) is 14.0. The highest BCUT2D eigenvalue weighted by Crippen LogP contribution is 2.31. The third-order valence-corrected chi connectivity index (χ3v) is 3.09. The van der Waals surface area contributed by atoms with E-state index in [4.69, 9.17) is 15.2 Å². The minimum atomic E-state index is -0.425. The summed E-state index contributed by atoms with van der Waals surface area (Å²) in [5, 5.41) is 3.12. The second-order valence-electron chi connectivity index (χ2n) is 4.36. The predicted octanol–water partition coefficient (Wildman–Crippen LogP) is 3.48. The highest BCUT2D eigenvalue weighted by molar-refractivity contribution is 5.72. The van der Waals surface area contributed by atoms with Gasteiger partial charge >= 0.3 is 0 Å². The Kier molecular flexibility index (Phi) is 3.98. The van der Waals surface area contributed by atoms with Gasteiger partial charge in [0, 0.05) is 35.3 Å². The van der Waals surface area contributed by atoms with Crippen molar-refractivity contribution >= 4 is 17.1 Å². The molecule has 0 heterocycles. The van der Waals surface area contributed by atoms with Gasteiger partial charge in [0.15, 0.2) is 11.6 Å². The quantitative estimate of drug-likeness (QED) is 0.839. The number of nitrogens with two attached hydrogens (primary N) is 1. The van der Waals surface area contributed by atoms with E-state index in [1.54, 1.807) is 25.3 Å². The van der Waals surface area contributed by atoms with E-state index in [0.29, 0.717) is 17.1 Å². The summed E-state index contributed by atoms with van der Waals surface area (Å²) in [5.41, 5.74) is 8.78. The third-order valence-electron chi connectivity index (χ3n) is 3.09. The van der Waals surface area contributed by atoms with Gasteiger partial charge in [-0.15, -0.1) is 0 Å². The first-order chi connectivity index (χ1) is 9.55. The molecule has 0 spiro atoms. The van der Waals surface area contributed by atoms with Gasteiger partial charge in [-0.2, -0.15) is 0 Å². The van der Waals surface area contributed by atoms with Crippen molar-refractivity contribution < 1.29 is 13.9 Å². The van der Waals surface area contributed by atoms with Crippen LogP contribution in [0.25, 0.3) is 0 Å². The van der Waals surface area contributed by atoms with Gasteiger partial charge < -0.3 is 20.5 Å². The van der Waals surface area contributed by atoms with Gasteiger partial charge in [0.25, 0.3) is 0 Å². The fourth-order valence-electron chi connectivity index (χ4n) is 1.86. The molecule has 0 aliphatic carbocycles. The summed E-state index contributed by atoms with van der Waals surface area (Å²) in [7, 11) is 3.00. The van der Waals surface area contributed by atoms with Crippen molar-refractivity contribution in [2.24, 2.45) is 0 Å².